The average molecular weight is 158 g/mol. The van der Waals surface area contributed by atoms with E-state index >= 15 is 0 Å². The number of hydrogen-bond donors (Lipinski definition) is 2. The molecule has 11 heavy (non-hydrogen) atoms. The van der Waals surface area contributed by atoms with Gasteiger partial charge >= 0.3 is 0 Å². The molecular formula is C9H18O2. The maximum atomic E-state index is 9.64. The summed E-state index contributed by atoms with van der Waals surface area (Å²) in [7, 11) is 0. The van der Waals surface area contributed by atoms with E-state index in [9.17, 15) is 10.2 Å². The third-order valence-corrected chi connectivity index (χ3v) is 2.73. The van der Waals surface area contributed by atoms with E-state index in [2.05, 4.69) is 6.92 Å². The highest BCUT2D eigenvalue weighted by Gasteiger charge is 2.54. The molecule has 0 heterocycles. The maximum Gasteiger partial charge on any atom is 0.0935 e. The van der Waals surface area contributed by atoms with Crippen molar-refractivity contribution < 1.29 is 10.2 Å². The molecule has 0 radical (unpaired) electrons. The van der Waals surface area contributed by atoms with Gasteiger partial charge in [-0.25, -0.2) is 0 Å². The molecule has 0 bridgehead atoms. The Morgan fingerprint density at radius 2 is 2.18 bits per heavy atom. The van der Waals surface area contributed by atoms with Crippen molar-refractivity contribution in [1.29, 1.82) is 0 Å². The van der Waals surface area contributed by atoms with Crippen LogP contribution in [0, 0.1) is 5.92 Å². The van der Waals surface area contributed by atoms with Gasteiger partial charge in [0.15, 0.2) is 0 Å². The molecule has 1 rings (SSSR count). The van der Waals surface area contributed by atoms with E-state index in [4.69, 9.17) is 0 Å². The molecule has 1 fully saturated rings. The molecule has 2 nitrogen and oxygen atoms in total. The van der Waals surface area contributed by atoms with Crippen LogP contribution in [0.1, 0.15) is 39.5 Å². The molecule has 2 N–H and O–H groups in total. The van der Waals surface area contributed by atoms with E-state index in [1.165, 1.54) is 0 Å². The minimum atomic E-state index is -0.727. The highest BCUT2D eigenvalue weighted by molar-refractivity contribution is 5.05. The fraction of sp³-hybridized carbons (Fsp3) is 1.00. The summed E-state index contributed by atoms with van der Waals surface area (Å²) < 4.78 is 0. The second-order valence-corrected chi connectivity index (χ2v) is 3.75. The van der Waals surface area contributed by atoms with Crippen LogP contribution in [0.25, 0.3) is 0 Å². The Hall–Kier alpha value is -0.0800. The molecule has 2 heteroatoms. The van der Waals surface area contributed by atoms with Crippen LogP contribution in [0.4, 0.5) is 0 Å². The summed E-state index contributed by atoms with van der Waals surface area (Å²) in [5, 5.41) is 19.1. The summed E-state index contributed by atoms with van der Waals surface area (Å²) in [6.07, 6.45) is 3.13. The van der Waals surface area contributed by atoms with Crippen molar-refractivity contribution in [1.82, 2.24) is 0 Å². The van der Waals surface area contributed by atoms with Crippen LogP contribution in [0.15, 0.2) is 0 Å². The van der Waals surface area contributed by atoms with Crippen molar-refractivity contribution in [3.63, 3.8) is 0 Å². The number of aliphatic hydroxyl groups excluding tert-OH is 1. The quantitative estimate of drug-likeness (QED) is 0.647. The fourth-order valence-corrected chi connectivity index (χ4v) is 1.54. The molecule has 0 saturated heterocycles. The molecule has 0 aromatic rings. The summed E-state index contributed by atoms with van der Waals surface area (Å²) in [5.41, 5.74) is -0.727. The van der Waals surface area contributed by atoms with Crippen LogP contribution in [0.5, 0.6) is 0 Å². The van der Waals surface area contributed by atoms with Gasteiger partial charge in [0.05, 0.1) is 11.7 Å². The second-order valence-electron chi connectivity index (χ2n) is 3.75. The van der Waals surface area contributed by atoms with Crippen LogP contribution in [-0.4, -0.2) is 21.9 Å². The fourth-order valence-electron chi connectivity index (χ4n) is 1.54. The Balaban J connectivity index is 2.25. The molecule has 0 aromatic carbocycles. The standard InChI is InChI=1S/C9H18O2/c1-3-4-5-8(10)9(11)6-7(9)2/h7-8,10-11H,3-6H2,1-2H3/t7-,8-,9+/m1/s1. The first-order valence-electron chi connectivity index (χ1n) is 4.51. The van der Waals surface area contributed by atoms with Crippen molar-refractivity contribution >= 4 is 0 Å². The third-order valence-electron chi connectivity index (χ3n) is 2.73. The number of rotatable bonds is 4. The summed E-state index contributed by atoms with van der Waals surface area (Å²) in [6.45, 7) is 4.07. The number of aliphatic hydroxyl groups is 2. The lowest BCUT2D eigenvalue weighted by Gasteiger charge is -2.16. The summed E-state index contributed by atoms with van der Waals surface area (Å²) in [4.78, 5) is 0. The van der Waals surface area contributed by atoms with Crippen molar-refractivity contribution in [3.8, 4) is 0 Å². The minimum Gasteiger partial charge on any atom is -0.390 e. The van der Waals surface area contributed by atoms with E-state index in [0.29, 0.717) is 5.92 Å². The molecule has 0 aliphatic heterocycles. The monoisotopic (exact) mass is 158 g/mol. The van der Waals surface area contributed by atoms with E-state index < -0.39 is 11.7 Å². The average Bonchev–Trinajstić information content (AvgIpc) is 2.56. The zero-order chi connectivity index (χ0) is 8.48. The zero-order valence-electron chi connectivity index (χ0n) is 7.38. The number of unbranched alkanes of at least 4 members (excludes halogenated alkanes) is 1. The molecule has 3 atom stereocenters. The first-order valence-corrected chi connectivity index (χ1v) is 4.51. The van der Waals surface area contributed by atoms with Crippen molar-refractivity contribution in [3.05, 3.63) is 0 Å². The first kappa shape index (κ1) is 9.01. The van der Waals surface area contributed by atoms with Gasteiger partial charge < -0.3 is 10.2 Å². The lowest BCUT2D eigenvalue weighted by molar-refractivity contribution is -0.0154. The van der Waals surface area contributed by atoms with Gasteiger partial charge in [-0.3, -0.25) is 0 Å². The topological polar surface area (TPSA) is 40.5 Å². The maximum absolute atomic E-state index is 9.64. The lowest BCUT2D eigenvalue weighted by atomic mass is 10.0. The van der Waals surface area contributed by atoms with Gasteiger partial charge in [0.25, 0.3) is 0 Å². The normalized spacial score (nSPS) is 38.7. The number of hydrogen-bond acceptors (Lipinski definition) is 2. The van der Waals surface area contributed by atoms with E-state index in [0.717, 1.165) is 25.7 Å². The van der Waals surface area contributed by atoms with Crippen LogP contribution >= 0.6 is 0 Å². The van der Waals surface area contributed by atoms with Crippen LogP contribution in [0.2, 0.25) is 0 Å². The first-order chi connectivity index (χ1) is 5.11. The van der Waals surface area contributed by atoms with E-state index in [-0.39, 0.29) is 0 Å². The Kier molecular flexibility index (Phi) is 2.55. The lowest BCUT2D eigenvalue weighted by Crippen LogP contribution is -2.29. The van der Waals surface area contributed by atoms with Crippen molar-refractivity contribution in [2.45, 2.75) is 51.2 Å². The Morgan fingerprint density at radius 3 is 2.55 bits per heavy atom. The van der Waals surface area contributed by atoms with Gasteiger partial charge in [-0.05, 0) is 18.8 Å². The van der Waals surface area contributed by atoms with Crippen LogP contribution < -0.4 is 0 Å². The van der Waals surface area contributed by atoms with E-state index in [1.54, 1.807) is 0 Å². The highest BCUT2D eigenvalue weighted by Crippen LogP contribution is 2.46. The summed E-state index contributed by atoms with van der Waals surface area (Å²) >= 11 is 0. The Labute approximate surface area is 68.2 Å². The summed E-state index contributed by atoms with van der Waals surface area (Å²) in [5.74, 6) is 0.300. The van der Waals surface area contributed by atoms with Crippen molar-refractivity contribution in [2.24, 2.45) is 5.92 Å². The largest absolute Gasteiger partial charge is 0.390 e. The van der Waals surface area contributed by atoms with Gasteiger partial charge in [-0.15, -0.1) is 0 Å². The minimum absolute atomic E-state index is 0.300. The molecule has 0 unspecified atom stereocenters. The smallest absolute Gasteiger partial charge is 0.0935 e. The molecule has 0 aromatic heterocycles. The predicted octanol–water partition coefficient (Wildman–Crippen LogP) is 1.31. The van der Waals surface area contributed by atoms with E-state index in [1.807, 2.05) is 6.92 Å². The highest BCUT2D eigenvalue weighted by atomic mass is 16.3. The Bertz CT molecular complexity index is 136. The zero-order valence-corrected chi connectivity index (χ0v) is 7.38. The Morgan fingerprint density at radius 1 is 1.64 bits per heavy atom. The molecule has 66 valence electrons. The molecule has 1 aliphatic rings. The summed E-state index contributed by atoms with van der Waals surface area (Å²) in [6, 6.07) is 0. The van der Waals surface area contributed by atoms with Crippen LogP contribution in [-0.2, 0) is 0 Å². The molecular weight excluding hydrogens is 140 g/mol. The van der Waals surface area contributed by atoms with Gasteiger partial charge in [-0.1, -0.05) is 26.7 Å². The second kappa shape index (κ2) is 3.11. The van der Waals surface area contributed by atoms with Crippen LogP contribution in [0.3, 0.4) is 0 Å². The van der Waals surface area contributed by atoms with Crippen molar-refractivity contribution in [2.75, 3.05) is 0 Å². The predicted molar refractivity (Wildman–Crippen MR) is 44.3 cm³/mol. The molecule has 1 aliphatic carbocycles. The van der Waals surface area contributed by atoms with Gasteiger partial charge in [0, 0.05) is 0 Å². The third kappa shape index (κ3) is 1.74. The van der Waals surface area contributed by atoms with Gasteiger partial charge in [0.2, 0.25) is 0 Å². The SMILES string of the molecule is CCCC[C@@H](O)[C@]1(O)C[C@H]1C. The molecule has 1 saturated carbocycles. The van der Waals surface area contributed by atoms with Gasteiger partial charge in [0.1, 0.15) is 0 Å². The molecule has 0 amide bonds. The van der Waals surface area contributed by atoms with Gasteiger partial charge in [-0.2, -0.15) is 0 Å². The molecule has 0 spiro atoms.